The Labute approximate surface area is 124 Å². The summed E-state index contributed by atoms with van der Waals surface area (Å²) in [5.74, 6) is 0.811. The van der Waals surface area contributed by atoms with E-state index in [1.54, 1.807) is 22.8 Å². The molecule has 0 aliphatic carbocycles. The lowest BCUT2D eigenvalue weighted by atomic mass is 10.3. The van der Waals surface area contributed by atoms with Gasteiger partial charge in [0.15, 0.2) is 4.34 Å². The van der Waals surface area contributed by atoms with Crippen LogP contribution in [-0.4, -0.2) is 16.5 Å². The van der Waals surface area contributed by atoms with Crippen LogP contribution in [0.1, 0.15) is 6.92 Å². The van der Waals surface area contributed by atoms with Crippen molar-refractivity contribution in [2.75, 3.05) is 6.61 Å². The van der Waals surface area contributed by atoms with Gasteiger partial charge in [0.2, 0.25) is 6.20 Å². The van der Waals surface area contributed by atoms with Crippen LogP contribution in [-0.2, 0) is 0 Å². The van der Waals surface area contributed by atoms with E-state index in [1.165, 1.54) is 17.8 Å². The topological polar surface area (TPSA) is 65.3 Å². The van der Waals surface area contributed by atoms with Gasteiger partial charge in [-0.2, -0.15) is 0 Å². The first-order chi connectivity index (χ1) is 9.69. The SMILES string of the molecule is CCOc1ccc2sc(SC=CC=C[N+](=O)[O-])nc2c1. The third kappa shape index (κ3) is 4.07. The van der Waals surface area contributed by atoms with Crippen molar-refractivity contribution >= 4 is 33.3 Å². The number of fused-ring (bicyclic) bond motifs is 1. The maximum Gasteiger partial charge on any atom is 0.234 e. The fraction of sp³-hybridized carbons (Fsp3) is 0.154. The average molecular weight is 308 g/mol. The Morgan fingerprint density at radius 1 is 1.50 bits per heavy atom. The zero-order valence-corrected chi connectivity index (χ0v) is 12.3. The molecule has 2 rings (SSSR count). The number of nitrogens with zero attached hydrogens (tertiary/aromatic N) is 2. The summed E-state index contributed by atoms with van der Waals surface area (Å²) < 4.78 is 7.41. The Balaban J connectivity index is 2.06. The summed E-state index contributed by atoms with van der Waals surface area (Å²) >= 11 is 3.00. The minimum atomic E-state index is -0.498. The quantitative estimate of drug-likeness (QED) is 0.348. The number of ether oxygens (including phenoxy) is 1. The van der Waals surface area contributed by atoms with E-state index in [4.69, 9.17) is 4.74 Å². The van der Waals surface area contributed by atoms with Gasteiger partial charge in [-0.1, -0.05) is 11.8 Å². The van der Waals surface area contributed by atoms with Gasteiger partial charge >= 0.3 is 0 Å². The molecule has 0 N–H and O–H groups in total. The highest BCUT2D eigenvalue weighted by Gasteiger charge is 2.04. The molecule has 104 valence electrons. The predicted octanol–water partition coefficient (Wildman–Crippen LogP) is 4.09. The zero-order chi connectivity index (χ0) is 14.4. The van der Waals surface area contributed by atoms with Crippen LogP contribution >= 0.6 is 23.1 Å². The molecule has 0 radical (unpaired) electrons. The molecular formula is C13H12N2O3S2. The molecule has 0 aliphatic heterocycles. The van der Waals surface area contributed by atoms with Crippen molar-refractivity contribution in [3.8, 4) is 5.75 Å². The molecule has 1 aromatic heterocycles. The van der Waals surface area contributed by atoms with E-state index in [-0.39, 0.29) is 0 Å². The number of allylic oxidation sites excluding steroid dienone is 2. The van der Waals surface area contributed by atoms with E-state index in [0.29, 0.717) is 6.61 Å². The number of aromatic nitrogens is 1. The molecule has 7 heteroatoms. The van der Waals surface area contributed by atoms with Crippen LogP contribution in [0, 0.1) is 10.1 Å². The highest BCUT2D eigenvalue weighted by Crippen LogP contribution is 2.32. The van der Waals surface area contributed by atoms with Gasteiger partial charge in [0.25, 0.3) is 0 Å². The molecule has 1 heterocycles. The largest absolute Gasteiger partial charge is 0.494 e. The number of thiazole rings is 1. The first-order valence-electron chi connectivity index (χ1n) is 5.86. The van der Waals surface area contributed by atoms with Crippen molar-refractivity contribution in [2.45, 2.75) is 11.3 Å². The van der Waals surface area contributed by atoms with Gasteiger partial charge in [0.1, 0.15) is 5.75 Å². The van der Waals surface area contributed by atoms with Crippen molar-refractivity contribution in [3.63, 3.8) is 0 Å². The van der Waals surface area contributed by atoms with Gasteiger partial charge in [-0.25, -0.2) is 4.98 Å². The van der Waals surface area contributed by atoms with E-state index in [2.05, 4.69) is 4.98 Å². The second-order valence-electron chi connectivity index (χ2n) is 3.62. The van der Waals surface area contributed by atoms with Crippen molar-refractivity contribution < 1.29 is 9.66 Å². The molecule has 0 amide bonds. The van der Waals surface area contributed by atoms with Crippen LogP contribution < -0.4 is 4.74 Å². The Morgan fingerprint density at radius 3 is 3.10 bits per heavy atom. The summed E-state index contributed by atoms with van der Waals surface area (Å²) in [7, 11) is 0. The third-order valence-corrected chi connectivity index (χ3v) is 4.17. The molecule has 0 fully saturated rings. The first kappa shape index (κ1) is 14.5. The molecule has 0 aliphatic rings. The molecular weight excluding hydrogens is 296 g/mol. The maximum atomic E-state index is 10.1. The fourth-order valence-corrected chi connectivity index (χ4v) is 3.20. The first-order valence-corrected chi connectivity index (χ1v) is 7.55. The molecule has 0 unspecified atom stereocenters. The summed E-state index contributed by atoms with van der Waals surface area (Å²) in [6, 6.07) is 5.82. The number of hydrogen-bond acceptors (Lipinski definition) is 6. The molecule has 0 saturated heterocycles. The fourth-order valence-electron chi connectivity index (χ4n) is 1.46. The summed E-state index contributed by atoms with van der Waals surface area (Å²) in [6.45, 7) is 2.57. The Bertz CT molecular complexity index is 665. The van der Waals surface area contributed by atoms with Crippen molar-refractivity contribution in [2.24, 2.45) is 0 Å². The normalized spacial score (nSPS) is 11.7. The van der Waals surface area contributed by atoms with Gasteiger partial charge in [0, 0.05) is 12.1 Å². The lowest BCUT2D eigenvalue weighted by Gasteiger charge is -2.00. The lowest BCUT2D eigenvalue weighted by molar-refractivity contribution is -0.402. The zero-order valence-electron chi connectivity index (χ0n) is 10.7. The molecule has 20 heavy (non-hydrogen) atoms. The molecule has 0 spiro atoms. The smallest absolute Gasteiger partial charge is 0.234 e. The van der Waals surface area contributed by atoms with Crippen LogP contribution in [0.4, 0.5) is 0 Å². The predicted molar refractivity (Wildman–Crippen MR) is 81.9 cm³/mol. The van der Waals surface area contributed by atoms with Crippen LogP contribution in [0.2, 0.25) is 0 Å². The number of benzene rings is 1. The van der Waals surface area contributed by atoms with Gasteiger partial charge < -0.3 is 4.74 Å². The van der Waals surface area contributed by atoms with Crippen molar-refractivity contribution in [3.05, 3.63) is 52.1 Å². The number of hydrogen-bond donors (Lipinski definition) is 0. The monoisotopic (exact) mass is 308 g/mol. The van der Waals surface area contributed by atoms with Crippen molar-refractivity contribution in [1.29, 1.82) is 0 Å². The maximum absolute atomic E-state index is 10.1. The molecule has 2 aromatic rings. The minimum Gasteiger partial charge on any atom is -0.494 e. The second-order valence-corrected chi connectivity index (χ2v) is 5.80. The molecule has 0 bridgehead atoms. The lowest BCUT2D eigenvalue weighted by Crippen LogP contribution is -1.90. The number of rotatable bonds is 6. The Hall–Kier alpha value is -1.86. The average Bonchev–Trinajstić information content (AvgIpc) is 2.80. The molecule has 5 nitrogen and oxygen atoms in total. The Kier molecular flexibility index (Phi) is 5.14. The Morgan fingerprint density at radius 2 is 2.35 bits per heavy atom. The standard InChI is InChI=1S/C13H12N2O3S2/c1-2-18-10-5-6-12-11(9-10)14-13(20-12)19-8-4-3-7-15(16)17/h3-9H,2H2,1H3. The summed E-state index contributed by atoms with van der Waals surface area (Å²) in [5, 5.41) is 11.9. The van der Waals surface area contributed by atoms with Gasteiger partial charge in [0.05, 0.1) is 21.7 Å². The minimum absolute atomic E-state index is 0.498. The van der Waals surface area contributed by atoms with E-state index in [0.717, 1.165) is 26.5 Å². The molecule has 0 saturated carbocycles. The van der Waals surface area contributed by atoms with E-state index in [9.17, 15) is 10.1 Å². The van der Waals surface area contributed by atoms with E-state index in [1.807, 2.05) is 25.1 Å². The van der Waals surface area contributed by atoms with Gasteiger partial charge in [-0.3, -0.25) is 10.1 Å². The third-order valence-electron chi connectivity index (χ3n) is 2.22. The summed E-state index contributed by atoms with van der Waals surface area (Å²) in [6.07, 6.45) is 3.89. The highest BCUT2D eigenvalue weighted by molar-refractivity contribution is 8.03. The van der Waals surface area contributed by atoms with Gasteiger partial charge in [-0.05, 0) is 30.5 Å². The van der Waals surface area contributed by atoms with E-state index >= 15 is 0 Å². The van der Waals surface area contributed by atoms with Crippen LogP contribution in [0.15, 0.2) is 46.3 Å². The van der Waals surface area contributed by atoms with Crippen molar-refractivity contribution in [1.82, 2.24) is 4.98 Å². The van der Waals surface area contributed by atoms with Crippen LogP contribution in [0.25, 0.3) is 10.2 Å². The second kappa shape index (κ2) is 7.06. The summed E-state index contributed by atoms with van der Waals surface area (Å²) in [4.78, 5) is 14.1. The molecule has 0 atom stereocenters. The van der Waals surface area contributed by atoms with E-state index < -0.39 is 4.92 Å². The summed E-state index contributed by atoms with van der Waals surface area (Å²) in [5.41, 5.74) is 0.901. The molecule has 1 aromatic carbocycles. The van der Waals surface area contributed by atoms with Crippen LogP contribution in [0.5, 0.6) is 5.75 Å². The van der Waals surface area contributed by atoms with Crippen LogP contribution in [0.3, 0.4) is 0 Å². The number of nitro groups is 1. The van der Waals surface area contributed by atoms with Gasteiger partial charge in [-0.15, -0.1) is 11.3 Å². The highest BCUT2D eigenvalue weighted by atomic mass is 32.2. The number of thioether (sulfide) groups is 1.